The summed E-state index contributed by atoms with van der Waals surface area (Å²) in [5.74, 6) is -1.86. The van der Waals surface area contributed by atoms with Gasteiger partial charge in [-0.05, 0) is 33.2 Å². The van der Waals surface area contributed by atoms with E-state index in [9.17, 15) is 23.9 Å². The lowest BCUT2D eigenvalue weighted by atomic mass is 9.96. The maximum atomic E-state index is 14.4. The fourth-order valence-corrected chi connectivity index (χ4v) is 3.91. The van der Waals surface area contributed by atoms with Gasteiger partial charge in [-0.3, -0.25) is 14.2 Å². The molecule has 2 aliphatic heterocycles. The van der Waals surface area contributed by atoms with Crippen LogP contribution in [0.5, 0.6) is 0 Å². The predicted octanol–water partition coefficient (Wildman–Crippen LogP) is -0.532. The number of aromatic nitrogens is 2. The minimum absolute atomic E-state index is 0.0214. The molecule has 0 bridgehead atoms. The third-order valence-corrected chi connectivity index (χ3v) is 5.79. The highest BCUT2D eigenvalue weighted by Crippen LogP contribution is 2.36. The lowest BCUT2D eigenvalue weighted by molar-refractivity contribution is -0.150. The second-order valence-corrected chi connectivity index (χ2v) is 8.15. The van der Waals surface area contributed by atoms with E-state index in [2.05, 4.69) is 5.32 Å². The predicted molar refractivity (Wildman–Crippen MR) is 114 cm³/mol. The minimum Gasteiger partial charge on any atom is -0.442 e. The van der Waals surface area contributed by atoms with Crippen LogP contribution in [0.4, 0.5) is 4.39 Å². The first kappa shape index (κ1) is 26.4. The zero-order valence-electron chi connectivity index (χ0n) is 19.4. The number of hydrogen-bond donors (Lipinski definition) is 2. The molecule has 3 heterocycles. The molecule has 1 aromatic rings. The van der Waals surface area contributed by atoms with E-state index in [1.807, 2.05) is 0 Å². The van der Waals surface area contributed by atoms with Crippen molar-refractivity contribution < 1.29 is 38.0 Å². The van der Waals surface area contributed by atoms with Crippen LogP contribution in [0.2, 0.25) is 0 Å². The van der Waals surface area contributed by atoms with Crippen molar-refractivity contribution in [1.82, 2.24) is 14.5 Å². The standard InChI is InChI=1S/C21H32FN3O9/c1-3-30-11-21(29)8-17(34-16(21)10-32-13-31-4-2)24-9-14(22)18(26)25(20(24)28)12-33-19(27)15-6-5-7-23-15/h9,15-17,23,29H,3-8,10-13H2,1-2H3/t15-,16+,17+,21+/m0/s1. The van der Waals surface area contributed by atoms with Gasteiger partial charge in [-0.15, -0.1) is 0 Å². The molecule has 0 amide bonds. The summed E-state index contributed by atoms with van der Waals surface area (Å²) in [4.78, 5) is 37.4. The van der Waals surface area contributed by atoms with Gasteiger partial charge in [-0.1, -0.05) is 0 Å². The Hall–Kier alpha value is -2.16. The van der Waals surface area contributed by atoms with Gasteiger partial charge in [0.2, 0.25) is 5.82 Å². The van der Waals surface area contributed by atoms with Crippen molar-refractivity contribution in [2.45, 2.75) is 63.8 Å². The highest BCUT2D eigenvalue weighted by Gasteiger charge is 2.49. The molecule has 34 heavy (non-hydrogen) atoms. The molecule has 0 saturated carbocycles. The summed E-state index contributed by atoms with van der Waals surface area (Å²) < 4.78 is 42.6. The van der Waals surface area contributed by atoms with E-state index in [-0.39, 0.29) is 26.4 Å². The van der Waals surface area contributed by atoms with Gasteiger partial charge in [0, 0.05) is 19.6 Å². The molecule has 4 atom stereocenters. The van der Waals surface area contributed by atoms with Gasteiger partial charge in [0.15, 0.2) is 6.73 Å². The number of rotatable bonds is 12. The van der Waals surface area contributed by atoms with E-state index < -0.39 is 53.7 Å². The minimum atomic E-state index is -1.54. The monoisotopic (exact) mass is 489 g/mol. The zero-order chi connectivity index (χ0) is 24.7. The Balaban J connectivity index is 1.79. The summed E-state index contributed by atoms with van der Waals surface area (Å²) in [6.45, 7) is 4.05. The summed E-state index contributed by atoms with van der Waals surface area (Å²) in [5.41, 5.74) is -3.71. The molecule has 0 spiro atoms. The first-order chi connectivity index (χ1) is 16.3. The van der Waals surface area contributed by atoms with Crippen LogP contribution in [0, 0.1) is 5.82 Å². The molecule has 1 aromatic heterocycles. The number of carbonyl (C=O) groups is 1. The van der Waals surface area contributed by atoms with Crippen molar-refractivity contribution >= 4 is 5.97 Å². The van der Waals surface area contributed by atoms with E-state index in [1.165, 1.54) is 0 Å². The smallest absolute Gasteiger partial charge is 0.336 e. The Morgan fingerprint density at radius 2 is 2.06 bits per heavy atom. The van der Waals surface area contributed by atoms with Crippen LogP contribution in [0.3, 0.4) is 0 Å². The molecule has 2 aliphatic rings. The Morgan fingerprint density at radius 3 is 2.74 bits per heavy atom. The van der Waals surface area contributed by atoms with Gasteiger partial charge in [0.1, 0.15) is 30.8 Å². The molecular formula is C21H32FN3O9. The fraction of sp³-hybridized carbons (Fsp3) is 0.762. The van der Waals surface area contributed by atoms with Crippen LogP contribution in [-0.2, 0) is 35.2 Å². The van der Waals surface area contributed by atoms with Crippen molar-refractivity contribution in [2.75, 3.05) is 39.8 Å². The van der Waals surface area contributed by atoms with Crippen LogP contribution >= 0.6 is 0 Å². The summed E-state index contributed by atoms with van der Waals surface area (Å²) in [6, 6.07) is -0.532. The maximum absolute atomic E-state index is 14.4. The molecule has 0 radical (unpaired) electrons. The van der Waals surface area contributed by atoms with Gasteiger partial charge in [0.05, 0.1) is 19.4 Å². The zero-order valence-corrected chi connectivity index (χ0v) is 19.4. The van der Waals surface area contributed by atoms with Crippen LogP contribution in [-0.4, -0.2) is 77.7 Å². The summed E-state index contributed by atoms with van der Waals surface area (Å²) >= 11 is 0. The fourth-order valence-electron chi connectivity index (χ4n) is 3.91. The number of nitrogens with zero attached hydrogens (tertiary/aromatic N) is 2. The molecular weight excluding hydrogens is 457 g/mol. The van der Waals surface area contributed by atoms with Gasteiger partial charge < -0.3 is 34.1 Å². The number of ether oxygens (including phenoxy) is 5. The van der Waals surface area contributed by atoms with E-state index in [0.717, 1.165) is 17.2 Å². The Morgan fingerprint density at radius 1 is 1.29 bits per heavy atom. The van der Waals surface area contributed by atoms with Crippen molar-refractivity contribution in [2.24, 2.45) is 0 Å². The Bertz CT molecular complexity index is 946. The highest BCUT2D eigenvalue weighted by molar-refractivity contribution is 5.75. The Labute approximate surface area is 195 Å². The van der Waals surface area contributed by atoms with E-state index in [1.54, 1.807) is 13.8 Å². The first-order valence-electron chi connectivity index (χ1n) is 11.3. The average Bonchev–Trinajstić information content (AvgIpc) is 3.46. The molecule has 2 saturated heterocycles. The molecule has 2 N–H and O–H groups in total. The average molecular weight is 489 g/mol. The maximum Gasteiger partial charge on any atom is 0.336 e. The van der Waals surface area contributed by atoms with Crippen LogP contribution in [0.25, 0.3) is 0 Å². The SMILES string of the molecule is CCOCOC[C@H]1O[C@@H](n2cc(F)c(=O)n(COC(=O)[C@@H]3CCCN3)c2=O)C[C@@]1(O)COCC. The van der Waals surface area contributed by atoms with Crippen LogP contribution in [0.15, 0.2) is 15.8 Å². The van der Waals surface area contributed by atoms with Crippen LogP contribution < -0.4 is 16.6 Å². The van der Waals surface area contributed by atoms with Gasteiger partial charge in [-0.2, -0.15) is 4.39 Å². The van der Waals surface area contributed by atoms with Crippen molar-refractivity contribution in [3.63, 3.8) is 0 Å². The quantitative estimate of drug-likeness (QED) is 0.224. The van der Waals surface area contributed by atoms with Crippen molar-refractivity contribution in [3.8, 4) is 0 Å². The summed E-state index contributed by atoms with van der Waals surface area (Å²) in [5, 5.41) is 14.1. The number of aliphatic hydroxyl groups is 1. The lowest BCUT2D eigenvalue weighted by Gasteiger charge is -2.27. The molecule has 13 heteroatoms. The van der Waals surface area contributed by atoms with E-state index >= 15 is 0 Å². The summed E-state index contributed by atoms with van der Waals surface area (Å²) in [6.07, 6.45) is -0.0675. The van der Waals surface area contributed by atoms with Crippen molar-refractivity contribution in [1.29, 1.82) is 0 Å². The second kappa shape index (κ2) is 12.0. The van der Waals surface area contributed by atoms with Gasteiger partial charge in [0.25, 0.3) is 5.56 Å². The Kier molecular flexibility index (Phi) is 9.33. The molecule has 3 rings (SSSR count). The number of nitrogens with one attached hydrogen (secondary N) is 1. The normalized spacial score (nSPS) is 26.8. The third kappa shape index (κ3) is 6.09. The van der Waals surface area contributed by atoms with Gasteiger partial charge >= 0.3 is 11.7 Å². The topological polar surface area (TPSA) is 139 Å². The number of halogens is 1. The van der Waals surface area contributed by atoms with E-state index in [0.29, 0.717) is 30.7 Å². The van der Waals surface area contributed by atoms with E-state index in [4.69, 9.17) is 23.7 Å². The summed E-state index contributed by atoms with van der Waals surface area (Å²) in [7, 11) is 0. The molecule has 192 valence electrons. The van der Waals surface area contributed by atoms with Crippen molar-refractivity contribution in [3.05, 3.63) is 32.9 Å². The number of carbonyl (C=O) groups excluding carboxylic acids is 1. The van der Waals surface area contributed by atoms with Gasteiger partial charge in [-0.25, -0.2) is 9.36 Å². The second-order valence-electron chi connectivity index (χ2n) is 8.15. The molecule has 0 unspecified atom stereocenters. The lowest BCUT2D eigenvalue weighted by Crippen LogP contribution is -2.45. The molecule has 2 fully saturated rings. The third-order valence-electron chi connectivity index (χ3n) is 5.79. The van der Waals surface area contributed by atoms with Crippen LogP contribution in [0.1, 0.15) is 39.3 Å². The number of hydrogen-bond acceptors (Lipinski definition) is 10. The molecule has 12 nitrogen and oxygen atoms in total. The highest BCUT2D eigenvalue weighted by atomic mass is 19.1. The molecule has 0 aromatic carbocycles. The largest absolute Gasteiger partial charge is 0.442 e. The molecule has 0 aliphatic carbocycles. The number of esters is 1. The first-order valence-corrected chi connectivity index (χ1v) is 11.3.